The van der Waals surface area contributed by atoms with E-state index in [4.69, 9.17) is 5.84 Å². The average molecular weight is 265 g/mol. The number of nitrogens with two attached hydrogens (primary N) is 1. The highest BCUT2D eigenvalue weighted by Gasteiger charge is 2.14. The van der Waals surface area contributed by atoms with Crippen LogP contribution in [0.1, 0.15) is 10.5 Å². The van der Waals surface area contributed by atoms with Crippen molar-refractivity contribution in [2.75, 3.05) is 10.7 Å². The standard InChI is InChI=1S/C11H9F2N5O/c12-6-2-1-3-7(13)10(6)17-11(19)8-4-15-5-9(16-8)18-14/h1-5H,14H2,(H,16,18)(H,17,19). The number of para-hydroxylation sites is 1. The number of rotatable bonds is 3. The summed E-state index contributed by atoms with van der Waals surface area (Å²) < 4.78 is 26.7. The smallest absolute Gasteiger partial charge is 0.276 e. The van der Waals surface area contributed by atoms with Crippen LogP contribution in [-0.4, -0.2) is 15.9 Å². The third kappa shape index (κ3) is 2.80. The van der Waals surface area contributed by atoms with Crippen molar-refractivity contribution in [3.05, 3.63) is 47.9 Å². The van der Waals surface area contributed by atoms with Crippen molar-refractivity contribution in [1.29, 1.82) is 0 Å². The first-order valence-corrected chi connectivity index (χ1v) is 5.16. The molecule has 1 heterocycles. The summed E-state index contributed by atoms with van der Waals surface area (Å²) in [6.07, 6.45) is 2.44. The molecule has 98 valence electrons. The first-order chi connectivity index (χ1) is 9.11. The van der Waals surface area contributed by atoms with Gasteiger partial charge in [0.25, 0.3) is 5.91 Å². The summed E-state index contributed by atoms with van der Waals surface area (Å²) in [6.45, 7) is 0. The third-order valence-electron chi connectivity index (χ3n) is 2.22. The first kappa shape index (κ1) is 12.8. The van der Waals surface area contributed by atoms with E-state index in [0.717, 1.165) is 18.3 Å². The Balaban J connectivity index is 2.25. The second-order valence-corrected chi connectivity index (χ2v) is 3.48. The number of nitrogens with zero attached hydrogens (tertiary/aromatic N) is 2. The molecule has 1 amide bonds. The molecule has 4 N–H and O–H groups in total. The van der Waals surface area contributed by atoms with Crippen LogP contribution in [0.3, 0.4) is 0 Å². The van der Waals surface area contributed by atoms with Gasteiger partial charge in [-0.05, 0) is 12.1 Å². The van der Waals surface area contributed by atoms with Crippen LogP contribution in [0.15, 0.2) is 30.6 Å². The number of carbonyl (C=O) groups excluding carboxylic acids is 1. The molecule has 0 aliphatic heterocycles. The Morgan fingerprint density at radius 1 is 1.21 bits per heavy atom. The third-order valence-corrected chi connectivity index (χ3v) is 2.22. The van der Waals surface area contributed by atoms with E-state index < -0.39 is 23.2 Å². The molecule has 2 aromatic rings. The van der Waals surface area contributed by atoms with Crippen molar-refractivity contribution in [3.63, 3.8) is 0 Å². The molecule has 19 heavy (non-hydrogen) atoms. The van der Waals surface area contributed by atoms with Gasteiger partial charge < -0.3 is 10.7 Å². The lowest BCUT2D eigenvalue weighted by atomic mass is 10.3. The van der Waals surface area contributed by atoms with Crippen LogP contribution in [0.2, 0.25) is 0 Å². The second-order valence-electron chi connectivity index (χ2n) is 3.48. The number of halogens is 2. The summed E-state index contributed by atoms with van der Waals surface area (Å²) in [7, 11) is 0. The zero-order chi connectivity index (χ0) is 13.8. The number of anilines is 2. The molecule has 1 aromatic heterocycles. The molecular weight excluding hydrogens is 256 g/mol. The number of carbonyl (C=O) groups is 1. The van der Waals surface area contributed by atoms with E-state index in [0.29, 0.717) is 0 Å². The topological polar surface area (TPSA) is 92.9 Å². The van der Waals surface area contributed by atoms with Crippen molar-refractivity contribution < 1.29 is 13.6 Å². The predicted octanol–water partition coefficient (Wildman–Crippen LogP) is 1.29. The number of hydrogen-bond acceptors (Lipinski definition) is 5. The molecule has 0 aliphatic rings. The molecule has 0 radical (unpaired) electrons. The largest absolute Gasteiger partial charge is 0.316 e. The normalized spacial score (nSPS) is 10.1. The minimum absolute atomic E-state index is 0.127. The minimum atomic E-state index is -0.880. The van der Waals surface area contributed by atoms with Crippen LogP contribution >= 0.6 is 0 Å². The fourth-order valence-electron chi connectivity index (χ4n) is 1.34. The lowest BCUT2D eigenvalue weighted by Crippen LogP contribution is -2.18. The maximum absolute atomic E-state index is 13.3. The fourth-order valence-corrected chi connectivity index (χ4v) is 1.34. The molecule has 2 rings (SSSR count). The van der Waals surface area contributed by atoms with Gasteiger partial charge in [-0.3, -0.25) is 9.78 Å². The summed E-state index contributed by atoms with van der Waals surface area (Å²) in [6, 6.07) is 3.25. The zero-order valence-corrected chi connectivity index (χ0v) is 9.52. The van der Waals surface area contributed by atoms with Crippen LogP contribution in [0, 0.1) is 11.6 Å². The number of hydrazine groups is 1. The lowest BCUT2D eigenvalue weighted by molar-refractivity contribution is 0.102. The van der Waals surface area contributed by atoms with E-state index in [9.17, 15) is 13.6 Å². The van der Waals surface area contributed by atoms with E-state index in [1.54, 1.807) is 0 Å². The van der Waals surface area contributed by atoms with Crippen LogP contribution in [0.5, 0.6) is 0 Å². The molecule has 0 atom stereocenters. The highest BCUT2D eigenvalue weighted by molar-refractivity contribution is 6.03. The minimum Gasteiger partial charge on any atom is -0.316 e. The molecule has 0 spiro atoms. The maximum Gasteiger partial charge on any atom is 0.276 e. The molecular formula is C11H9F2N5O. The highest BCUT2D eigenvalue weighted by atomic mass is 19.1. The molecule has 8 heteroatoms. The summed E-state index contributed by atoms with van der Waals surface area (Å²) in [4.78, 5) is 19.3. The summed E-state index contributed by atoms with van der Waals surface area (Å²) in [5.74, 6) is 2.71. The van der Waals surface area contributed by atoms with E-state index in [1.807, 2.05) is 0 Å². The van der Waals surface area contributed by atoms with E-state index in [1.165, 1.54) is 12.3 Å². The van der Waals surface area contributed by atoms with Gasteiger partial charge in [0, 0.05) is 0 Å². The van der Waals surface area contributed by atoms with Gasteiger partial charge in [0.05, 0.1) is 12.4 Å². The van der Waals surface area contributed by atoms with Crippen LogP contribution in [0.4, 0.5) is 20.3 Å². The van der Waals surface area contributed by atoms with E-state index in [2.05, 4.69) is 20.7 Å². The van der Waals surface area contributed by atoms with Crippen molar-refractivity contribution in [2.45, 2.75) is 0 Å². The van der Waals surface area contributed by atoms with Gasteiger partial charge in [-0.15, -0.1) is 0 Å². The Hall–Kier alpha value is -2.61. The van der Waals surface area contributed by atoms with Gasteiger partial charge in [-0.25, -0.2) is 19.6 Å². The van der Waals surface area contributed by atoms with Crippen molar-refractivity contribution in [3.8, 4) is 0 Å². The molecule has 0 bridgehead atoms. The summed E-state index contributed by atoms with van der Waals surface area (Å²) in [5.41, 5.74) is 1.54. The number of nitrogens with one attached hydrogen (secondary N) is 2. The summed E-state index contributed by atoms with van der Waals surface area (Å²) >= 11 is 0. The number of hydrogen-bond donors (Lipinski definition) is 3. The SMILES string of the molecule is NNc1cncc(C(=O)Nc2c(F)cccc2F)n1. The van der Waals surface area contributed by atoms with E-state index >= 15 is 0 Å². The quantitative estimate of drug-likeness (QED) is 0.574. The Bertz CT molecular complexity index is 600. The molecule has 0 unspecified atom stereocenters. The second kappa shape index (κ2) is 5.36. The van der Waals surface area contributed by atoms with Crippen LogP contribution in [0.25, 0.3) is 0 Å². The van der Waals surface area contributed by atoms with Crippen molar-refractivity contribution in [2.24, 2.45) is 5.84 Å². The molecule has 0 saturated carbocycles. The van der Waals surface area contributed by atoms with E-state index in [-0.39, 0.29) is 11.5 Å². The number of benzene rings is 1. The number of aromatic nitrogens is 2. The predicted molar refractivity (Wildman–Crippen MR) is 64.2 cm³/mol. The van der Waals surface area contributed by atoms with Gasteiger partial charge in [0.1, 0.15) is 23.0 Å². The summed E-state index contributed by atoms with van der Waals surface area (Å²) in [5, 5.41) is 2.09. The maximum atomic E-state index is 13.3. The monoisotopic (exact) mass is 265 g/mol. The van der Waals surface area contributed by atoms with Crippen molar-refractivity contribution >= 4 is 17.4 Å². The average Bonchev–Trinajstić information content (AvgIpc) is 2.43. The molecule has 0 aliphatic carbocycles. The Morgan fingerprint density at radius 3 is 2.53 bits per heavy atom. The zero-order valence-electron chi connectivity index (χ0n) is 9.52. The first-order valence-electron chi connectivity index (χ1n) is 5.16. The molecule has 0 saturated heterocycles. The van der Waals surface area contributed by atoms with Gasteiger partial charge >= 0.3 is 0 Å². The van der Waals surface area contributed by atoms with Crippen molar-refractivity contribution in [1.82, 2.24) is 9.97 Å². The lowest BCUT2D eigenvalue weighted by Gasteiger charge is -2.07. The Kier molecular flexibility index (Phi) is 3.62. The van der Waals surface area contributed by atoms with Gasteiger partial charge in [0.15, 0.2) is 5.82 Å². The fraction of sp³-hybridized carbons (Fsp3) is 0. The Labute approximate surface area is 106 Å². The molecule has 0 fully saturated rings. The highest BCUT2D eigenvalue weighted by Crippen LogP contribution is 2.18. The van der Waals surface area contributed by atoms with Gasteiger partial charge in [-0.2, -0.15) is 0 Å². The van der Waals surface area contributed by atoms with Gasteiger partial charge in [-0.1, -0.05) is 6.07 Å². The number of nitrogen functional groups attached to an aromatic ring is 1. The van der Waals surface area contributed by atoms with Gasteiger partial charge in [0.2, 0.25) is 0 Å². The van der Waals surface area contributed by atoms with Crippen LogP contribution < -0.4 is 16.6 Å². The Morgan fingerprint density at radius 2 is 1.89 bits per heavy atom. The number of amides is 1. The molecule has 1 aromatic carbocycles. The molecule has 6 nitrogen and oxygen atoms in total. The van der Waals surface area contributed by atoms with Crippen LogP contribution in [-0.2, 0) is 0 Å².